The number of fused-ring (bicyclic) bond motifs is 1. The van der Waals surface area contributed by atoms with Crippen LogP contribution in [0.4, 0.5) is 5.69 Å². The third-order valence-corrected chi connectivity index (χ3v) is 4.14. The smallest absolute Gasteiger partial charge is 0.309 e. The van der Waals surface area contributed by atoms with Gasteiger partial charge in [0.05, 0.1) is 13.0 Å². The molecule has 2 aromatic carbocycles. The van der Waals surface area contributed by atoms with E-state index in [0.717, 1.165) is 27.7 Å². The normalized spacial score (nSPS) is 12.2. The van der Waals surface area contributed by atoms with Gasteiger partial charge in [0.15, 0.2) is 0 Å². The summed E-state index contributed by atoms with van der Waals surface area (Å²) in [6.45, 7) is 0. The van der Waals surface area contributed by atoms with Crippen molar-refractivity contribution in [1.29, 1.82) is 0 Å². The standard InChI is InChI=1S/C19H20N2O2/c1-23-19(22)14(10-13-6-8-16(20)9-7-13)11-15-12-21-18-5-3-2-4-17(15)18/h2-9,12,14,21H,10-11,20H2,1H3. The van der Waals surface area contributed by atoms with Gasteiger partial charge in [-0.25, -0.2) is 0 Å². The van der Waals surface area contributed by atoms with Crippen LogP contribution in [0.5, 0.6) is 0 Å². The number of methoxy groups -OCH3 is 1. The molecule has 3 rings (SSSR count). The van der Waals surface area contributed by atoms with E-state index in [-0.39, 0.29) is 11.9 Å². The number of anilines is 1. The molecular weight excluding hydrogens is 288 g/mol. The van der Waals surface area contributed by atoms with Crippen molar-refractivity contribution in [2.75, 3.05) is 12.8 Å². The van der Waals surface area contributed by atoms with Crippen molar-refractivity contribution in [3.05, 3.63) is 65.9 Å². The van der Waals surface area contributed by atoms with Crippen molar-refractivity contribution in [3.63, 3.8) is 0 Å². The lowest BCUT2D eigenvalue weighted by Gasteiger charge is -2.14. The van der Waals surface area contributed by atoms with E-state index in [2.05, 4.69) is 11.1 Å². The Morgan fingerprint density at radius 3 is 2.61 bits per heavy atom. The maximum atomic E-state index is 12.2. The van der Waals surface area contributed by atoms with Crippen LogP contribution in [-0.4, -0.2) is 18.1 Å². The molecule has 0 spiro atoms. The Labute approximate surface area is 135 Å². The Morgan fingerprint density at radius 1 is 1.13 bits per heavy atom. The average Bonchev–Trinajstić information content (AvgIpc) is 2.98. The summed E-state index contributed by atoms with van der Waals surface area (Å²) in [7, 11) is 1.44. The number of carbonyl (C=O) groups is 1. The number of aromatic nitrogens is 1. The Bertz CT molecular complexity index is 806. The van der Waals surface area contributed by atoms with Crippen LogP contribution in [0.15, 0.2) is 54.7 Å². The molecule has 1 atom stereocenters. The van der Waals surface area contributed by atoms with Gasteiger partial charge in [0.25, 0.3) is 0 Å². The summed E-state index contributed by atoms with van der Waals surface area (Å²) in [5.74, 6) is -0.407. The van der Waals surface area contributed by atoms with Crippen LogP contribution in [0.2, 0.25) is 0 Å². The SMILES string of the molecule is COC(=O)C(Cc1ccc(N)cc1)Cc1c[nH]c2ccccc12. The van der Waals surface area contributed by atoms with E-state index < -0.39 is 0 Å². The molecule has 0 aliphatic carbocycles. The zero-order valence-electron chi connectivity index (χ0n) is 13.1. The second-order valence-electron chi connectivity index (χ2n) is 5.73. The molecule has 1 heterocycles. The fourth-order valence-electron chi connectivity index (χ4n) is 2.91. The number of hydrogen-bond acceptors (Lipinski definition) is 3. The number of nitrogens with one attached hydrogen (secondary N) is 1. The molecule has 118 valence electrons. The second kappa shape index (κ2) is 6.57. The predicted molar refractivity (Wildman–Crippen MR) is 92.1 cm³/mol. The number of rotatable bonds is 5. The fraction of sp³-hybridized carbons (Fsp3) is 0.211. The fourth-order valence-corrected chi connectivity index (χ4v) is 2.91. The number of hydrogen-bond donors (Lipinski definition) is 2. The Morgan fingerprint density at radius 2 is 1.87 bits per heavy atom. The predicted octanol–water partition coefficient (Wildman–Crippen LogP) is 3.32. The van der Waals surface area contributed by atoms with Gasteiger partial charge in [0.2, 0.25) is 0 Å². The average molecular weight is 308 g/mol. The molecule has 1 unspecified atom stereocenters. The van der Waals surface area contributed by atoms with Gasteiger partial charge in [0.1, 0.15) is 0 Å². The lowest BCUT2D eigenvalue weighted by Crippen LogP contribution is -2.21. The van der Waals surface area contributed by atoms with Gasteiger partial charge in [-0.1, -0.05) is 30.3 Å². The topological polar surface area (TPSA) is 68.1 Å². The lowest BCUT2D eigenvalue weighted by molar-refractivity contribution is -0.145. The molecule has 3 aromatic rings. The number of nitrogens with two attached hydrogens (primary N) is 1. The quantitative estimate of drug-likeness (QED) is 0.561. The number of esters is 1. The molecular formula is C19H20N2O2. The van der Waals surface area contributed by atoms with Crippen molar-refractivity contribution in [2.45, 2.75) is 12.8 Å². The lowest BCUT2D eigenvalue weighted by atomic mass is 9.92. The third kappa shape index (κ3) is 3.37. The summed E-state index contributed by atoms with van der Waals surface area (Å²) in [6.07, 6.45) is 3.25. The van der Waals surface area contributed by atoms with E-state index in [4.69, 9.17) is 10.5 Å². The Hall–Kier alpha value is -2.75. The molecule has 0 aliphatic heterocycles. The first-order valence-electron chi connectivity index (χ1n) is 7.64. The van der Waals surface area contributed by atoms with E-state index in [1.807, 2.05) is 48.7 Å². The number of para-hydroxylation sites is 1. The molecule has 0 bridgehead atoms. The van der Waals surface area contributed by atoms with Gasteiger partial charge in [-0.3, -0.25) is 4.79 Å². The van der Waals surface area contributed by atoms with Crippen LogP contribution < -0.4 is 5.73 Å². The van der Waals surface area contributed by atoms with Crippen molar-refractivity contribution in [1.82, 2.24) is 4.98 Å². The maximum absolute atomic E-state index is 12.2. The first-order chi connectivity index (χ1) is 11.2. The molecule has 23 heavy (non-hydrogen) atoms. The van der Waals surface area contributed by atoms with Gasteiger partial charge in [-0.15, -0.1) is 0 Å². The summed E-state index contributed by atoms with van der Waals surface area (Å²) in [6, 6.07) is 15.7. The van der Waals surface area contributed by atoms with Crippen LogP contribution >= 0.6 is 0 Å². The highest BCUT2D eigenvalue weighted by molar-refractivity contribution is 5.84. The number of H-pyrrole nitrogens is 1. The minimum Gasteiger partial charge on any atom is -0.469 e. The summed E-state index contributed by atoms with van der Waals surface area (Å²) in [5.41, 5.74) is 9.73. The maximum Gasteiger partial charge on any atom is 0.309 e. The van der Waals surface area contributed by atoms with Crippen LogP contribution in [0.3, 0.4) is 0 Å². The van der Waals surface area contributed by atoms with E-state index >= 15 is 0 Å². The molecule has 0 fully saturated rings. The highest BCUT2D eigenvalue weighted by Crippen LogP contribution is 2.23. The highest BCUT2D eigenvalue weighted by Gasteiger charge is 2.21. The van der Waals surface area contributed by atoms with E-state index in [0.29, 0.717) is 12.8 Å². The largest absolute Gasteiger partial charge is 0.469 e. The monoisotopic (exact) mass is 308 g/mol. The van der Waals surface area contributed by atoms with Gasteiger partial charge in [-0.05, 0) is 42.2 Å². The van der Waals surface area contributed by atoms with Crippen LogP contribution in [0.1, 0.15) is 11.1 Å². The molecule has 4 heteroatoms. The van der Waals surface area contributed by atoms with Crippen LogP contribution in [-0.2, 0) is 22.4 Å². The van der Waals surface area contributed by atoms with Crippen molar-refractivity contribution in [2.24, 2.45) is 5.92 Å². The minimum atomic E-state index is -0.220. The Balaban J connectivity index is 1.84. The van der Waals surface area contributed by atoms with E-state index in [9.17, 15) is 4.79 Å². The molecule has 0 radical (unpaired) electrons. The van der Waals surface area contributed by atoms with Gasteiger partial charge in [-0.2, -0.15) is 0 Å². The van der Waals surface area contributed by atoms with Crippen molar-refractivity contribution >= 4 is 22.6 Å². The number of nitrogen functional groups attached to an aromatic ring is 1. The van der Waals surface area contributed by atoms with Crippen molar-refractivity contribution < 1.29 is 9.53 Å². The summed E-state index contributed by atoms with van der Waals surface area (Å²) in [4.78, 5) is 15.4. The number of aromatic amines is 1. The number of ether oxygens (including phenoxy) is 1. The van der Waals surface area contributed by atoms with E-state index in [1.54, 1.807) is 0 Å². The summed E-state index contributed by atoms with van der Waals surface area (Å²) >= 11 is 0. The van der Waals surface area contributed by atoms with Crippen molar-refractivity contribution in [3.8, 4) is 0 Å². The third-order valence-electron chi connectivity index (χ3n) is 4.14. The highest BCUT2D eigenvalue weighted by atomic mass is 16.5. The van der Waals surface area contributed by atoms with Gasteiger partial charge < -0.3 is 15.5 Å². The molecule has 3 N–H and O–H groups in total. The molecule has 0 saturated heterocycles. The first kappa shape index (κ1) is 15.2. The number of carbonyl (C=O) groups excluding carboxylic acids is 1. The zero-order valence-corrected chi connectivity index (χ0v) is 13.1. The van der Waals surface area contributed by atoms with Gasteiger partial charge >= 0.3 is 5.97 Å². The molecule has 0 amide bonds. The summed E-state index contributed by atoms with van der Waals surface area (Å²) in [5, 5.41) is 1.15. The zero-order chi connectivity index (χ0) is 16.2. The van der Waals surface area contributed by atoms with Crippen LogP contribution in [0, 0.1) is 5.92 Å². The minimum absolute atomic E-state index is 0.188. The van der Waals surface area contributed by atoms with Gasteiger partial charge in [0, 0.05) is 22.8 Å². The summed E-state index contributed by atoms with van der Waals surface area (Å²) < 4.78 is 5.00. The molecule has 1 aromatic heterocycles. The molecule has 4 nitrogen and oxygen atoms in total. The molecule has 0 aliphatic rings. The van der Waals surface area contributed by atoms with Crippen LogP contribution in [0.25, 0.3) is 10.9 Å². The Kier molecular flexibility index (Phi) is 4.33. The first-order valence-corrected chi connectivity index (χ1v) is 7.64. The van der Waals surface area contributed by atoms with E-state index in [1.165, 1.54) is 7.11 Å². The molecule has 0 saturated carbocycles. The number of benzene rings is 2. The second-order valence-corrected chi connectivity index (χ2v) is 5.73.